The summed E-state index contributed by atoms with van der Waals surface area (Å²) in [6, 6.07) is 8.55. The number of amides is 2. The minimum Gasteiger partial charge on any atom is -0.469 e. The van der Waals surface area contributed by atoms with Crippen molar-refractivity contribution < 1.29 is 23.9 Å². The van der Waals surface area contributed by atoms with E-state index < -0.39 is 17.7 Å². The van der Waals surface area contributed by atoms with Gasteiger partial charge in [-0.15, -0.1) is 0 Å². The third-order valence-corrected chi connectivity index (χ3v) is 4.68. The van der Waals surface area contributed by atoms with Crippen molar-refractivity contribution in [1.29, 1.82) is 0 Å². The molecule has 2 N–H and O–H groups in total. The van der Waals surface area contributed by atoms with Crippen molar-refractivity contribution in [3.8, 4) is 0 Å². The lowest BCUT2D eigenvalue weighted by Gasteiger charge is -2.39. The molecule has 1 aliphatic heterocycles. The number of nitrogens with zero attached hydrogens (tertiary/aromatic N) is 1. The first kappa shape index (κ1) is 23.7. The van der Waals surface area contributed by atoms with Gasteiger partial charge >= 0.3 is 12.1 Å². The molecular formula is C22H33N3O5. The summed E-state index contributed by atoms with van der Waals surface area (Å²) in [4.78, 5) is 39.1. The van der Waals surface area contributed by atoms with Crippen molar-refractivity contribution >= 4 is 18.0 Å². The Bertz CT molecular complexity index is 732. The Morgan fingerprint density at radius 1 is 1.20 bits per heavy atom. The summed E-state index contributed by atoms with van der Waals surface area (Å²) in [7, 11) is 1.35. The maximum atomic E-state index is 13.4. The molecule has 1 unspecified atom stereocenters. The van der Waals surface area contributed by atoms with Gasteiger partial charge in [-0.05, 0) is 33.3 Å². The van der Waals surface area contributed by atoms with Crippen LogP contribution in [-0.2, 0) is 25.5 Å². The van der Waals surface area contributed by atoms with Crippen LogP contribution in [0.4, 0.5) is 4.79 Å². The van der Waals surface area contributed by atoms with Gasteiger partial charge < -0.3 is 25.0 Å². The fourth-order valence-electron chi connectivity index (χ4n) is 3.49. The van der Waals surface area contributed by atoms with Crippen molar-refractivity contribution in [3.05, 3.63) is 35.9 Å². The molecule has 1 fully saturated rings. The van der Waals surface area contributed by atoms with Gasteiger partial charge in [0.25, 0.3) is 0 Å². The Hall–Kier alpha value is -2.61. The molecule has 166 valence electrons. The van der Waals surface area contributed by atoms with E-state index in [1.807, 2.05) is 37.3 Å². The summed E-state index contributed by atoms with van der Waals surface area (Å²) in [6.07, 6.45) is -0.113. The predicted octanol–water partition coefficient (Wildman–Crippen LogP) is 1.87. The summed E-state index contributed by atoms with van der Waals surface area (Å²) in [5.41, 5.74) is 0.265. The van der Waals surface area contributed by atoms with Crippen LogP contribution in [0.15, 0.2) is 30.3 Å². The second-order valence-electron chi connectivity index (χ2n) is 8.68. The van der Waals surface area contributed by atoms with E-state index in [4.69, 9.17) is 9.47 Å². The number of carbonyl (C=O) groups excluding carboxylic acids is 3. The highest BCUT2D eigenvalue weighted by Gasteiger charge is 2.34. The number of benzene rings is 1. The SMILES string of the molecule is COC(=O)CC1CN(C(=O)[C@H](Cc2ccccc2)NC(=O)OC(C)(C)C)C[C@@H](C)N1. The standard InChI is InChI=1S/C22H33N3O5/c1-15-13-25(14-17(23-15)12-19(26)29-5)20(27)18(11-16-9-7-6-8-10-16)24-21(28)30-22(2,3)4/h6-10,15,17-18,23H,11-14H2,1-5H3,(H,24,28)/t15-,17?,18+/m1/s1. The molecule has 0 saturated carbocycles. The van der Waals surface area contributed by atoms with Gasteiger partial charge in [0.1, 0.15) is 11.6 Å². The maximum absolute atomic E-state index is 13.4. The number of methoxy groups -OCH3 is 1. The van der Waals surface area contributed by atoms with E-state index in [0.29, 0.717) is 19.5 Å². The van der Waals surface area contributed by atoms with E-state index in [0.717, 1.165) is 5.56 Å². The molecule has 1 aromatic rings. The van der Waals surface area contributed by atoms with E-state index in [1.165, 1.54) is 7.11 Å². The van der Waals surface area contributed by atoms with E-state index in [9.17, 15) is 14.4 Å². The average molecular weight is 420 g/mol. The molecule has 2 amide bonds. The molecule has 0 aromatic heterocycles. The molecule has 1 aromatic carbocycles. The van der Waals surface area contributed by atoms with Crippen LogP contribution in [0.25, 0.3) is 0 Å². The number of nitrogens with one attached hydrogen (secondary N) is 2. The smallest absolute Gasteiger partial charge is 0.408 e. The third-order valence-electron chi connectivity index (χ3n) is 4.68. The van der Waals surface area contributed by atoms with Crippen LogP contribution in [0, 0.1) is 0 Å². The molecule has 0 aliphatic carbocycles. The van der Waals surface area contributed by atoms with Crippen molar-refractivity contribution in [1.82, 2.24) is 15.5 Å². The fraction of sp³-hybridized carbons (Fsp3) is 0.591. The lowest BCUT2D eigenvalue weighted by molar-refractivity contribution is -0.143. The number of carbonyl (C=O) groups is 3. The second-order valence-corrected chi connectivity index (χ2v) is 8.68. The lowest BCUT2D eigenvalue weighted by atomic mass is 10.0. The highest BCUT2D eigenvalue weighted by molar-refractivity contribution is 5.86. The average Bonchev–Trinajstić information content (AvgIpc) is 2.65. The van der Waals surface area contributed by atoms with Gasteiger partial charge in [-0.2, -0.15) is 0 Å². The summed E-state index contributed by atoms with van der Waals surface area (Å²) in [5, 5.41) is 6.06. The van der Waals surface area contributed by atoms with Gasteiger partial charge in [0.15, 0.2) is 0 Å². The Morgan fingerprint density at radius 3 is 2.47 bits per heavy atom. The molecule has 3 atom stereocenters. The fourth-order valence-corrected chi connectivity index (χ4v) is 3.49. The lowest BCUT2D eigenvalue weighted by Crippen LogP contribution is -2.61. The highest BCUT2D eigenvalue weighted by Crippen LogP contribution is 2.14. The number of ether oxygens (including phenoxy) is 2. The topological polar surface area (TPSA) is 97.0 Å². The number of rotatable bonds is 6. The molecule has 2 rings (SSSR count). The molecule has 0 radical (unpaired) electrons. The van der Waals surface area contributed by atoms with Crippen LogP contribution >= 0.6 is 0 Å². The molecule has 0 bridgehead atoms. The highest BCUT2D eigenvalue weighted by atomic mass is 16.6. The third kappa shape index (κ3) is 7.67. The second kappa shape index (κ2) is 10.4. The van der Waals surface area contributed by atoms with Gasteiger partial charge in [0, 0.05) is 31.6 Å². The molecule has 8 heteroatoms. The quantitative estimate of drug-likeness (QED) is 0.684. The summed E-state index contributed by atoms with van der Waals surface area (Å²) in [6.45, 7) is 8.12. The predicted molar refractivity (Wildman–Crippen MR) is 113 cm³/mol. The largest absolute Gasteiger partial charge is 0.469 e. The minimum atomic E-state index is -0.772. The van der Waals surface area contributed by atoms with Crippen molar-refractivity contribution in [2.45, 2.75) is 64.3 Å². The van der Waals surface area contributed by atoms with Crippen LogP contribution in [0.1, 0.15) is 39.7 Å². The Morgan fingerprint density at radius 2 is 1.87 bits per heavy atom. The molecule has 0 spiro atoms. The van der Waals surface area contributed by atoms with Crippen LogP contribution in [-0.4, -0.2) is 66.8 Å². The van der Waals surface area contributed by atoms with Crippen LogP contribution in [0.2, 0.25) is 0 Å². The number of esters is 1. The Balaban J connectivity index is 2.15. The van der Waals surface area contributed by atoms with Gasteiger partial charge in [0.05, 0.1) is 13.5 Å². The van der Waals surface area contributed by atoms with Gasteiger partial charge in [-0.1, -0.05) is 30.3 Å². The zero-order chi connectivity index (χ0) is 22.3. The first-order valence-corrected chi connectivity index (χ1v) is 10.2. The molecule has 1 saturated heterocycles. The zero-order valence-corrected chi connectivity index (χ0v) is 18.4. The van der Waals surface area contributed by atoms with Crippen LogP contribution in [0.5, 0.6) is 0 Å². The molecule has 8 nitrogen and oxygen atoms in total. The van der Waals surface area contributed by atoms with Crippen LogP contribution in [0.3, 0.4) is 0 Å². The van der Waals surface area contributed by atoms with Crippen LogP contribution < -0.4 is 10.6 Å². The summed E-state index contributed by atoms with van der Waals surface area (Å²) < 4.78 is 10.1. The normalized spacial score (nSPS) is 20.2. The molecular weight excluding hydrogens is 386 g/mol. The van der Waals surface area contributed by atoms with E-state index in [2.05, 4.69) is 10.6 Å². The molecule has 1 aliphatic rings. The minimum absolute atomic E-state index is 0.0104. The monoisotopic (exact) mass is 419 g/mol. The van der Waals surface area contributed by atoms with Crippen molar-refractivity contribution in [2.24, 2.45) is 0 Å². The van der Waals surface area contributed by atoms with E-state index >= 15 is 0 Å². The van der Waals surface area contributed by atoms with Gasteiger partial charge in [0.2, 0.25) is 5.91 Å². The molecule has 1 heterocycles. The molecule has 30 heavy (non-hydrogen) atoms. The Labute approximate surface area is 178 Å². The number of hydrogen-bond donors (Lipinski definition) is 2. The first-order valence-electron chi connectivity index (χ1n) is 10.2. The first-order chi connectivity index (χ1) is 14.1. The van der Waals surface area contributed by atoms with E-state index in [1.54, 1.807) is 25.7 Å². The van der Waals surface area contributed by atoms with Crippen molar-refractivity contribution in [2.75, 3.05) is 20.2 Å². The van der Waals surface area contributed by atoms with Gasteiger partial charge in [-0.3, -0.25) is 9.59 Å². The number of piperazine rings is 1. The van der Waals surface area contributed by atoms with E-state index in [-0.39, 0.29) is 30.4 Å². The zero-order valence-electron chi connectivity index (χ0n) is 18.4. The maximum Gasteiger partial charge on any atom is 0.408 e. The summed E-state index contributed by atoms with van der Waals surface area (Å²) in [5.74, 6) is -0.533. The summed E-state index contributed by atoms with van der Waals surface area (Å²) >= 11 is 0. The number of hydrogen-bond acceptors (Lipinski definition) is 6. The van der Waals surface area contributed by atoms with Gasteiger partial charge in [-0.25, -0.2) is 4.79 Å². The van der Waals surface area contributed by atoms with Crippen molar-refractivity contribution in [3.63, 3.8) is 0 Å². The Kier molecular flexibility index (Phi) is 8.23. The number of alkyl carbamates (subject to hydrolysis) is 1.